The standard InChI is InChI=1S/C22H24BrF2N5O6/c1-12(27-17(31)18(32)30-34-2)10-21(11-26)6-8-22(9-7-21)16(28-29-20(33)36-22)13-4-3-5-14(15(13)23)35-19(24)25/h3-5,12,19H,6-10H2,1-2H3,(H,27,31)(H,29,33)(H,30,32)/t12-,21?,22?/m0/s1. The molecule has 0 unspecified atom stereocenters. The zero-order valence-electron chi connectivity index (χ0n) is 19.4. The van der Waals surface area contributed by atoms with Crippen molar-refractivity contribution in [2.75, 3.05) is 7.11 Å². The molecular weight excluding hydrogens is 548 g/mol. The quantitative estimate of drug-likeness (QED) is 0.336. The van der Waals surface area contributed by atoms with E-state index in [9.17, 15) is 28.4 Å². The lowest BCUT2D eigenvalue weighted by atomic mass is 9.65. The van der Waals surface area contributed by atoms with Gasteiger partial charge < -0.3 is 14.8 Å². The molecule has 0 bridgehead atoms. The molecule has 14 heteroatoms. The van der Waals surface area contributed by atoms with Crippen molar-refractivity contribution in [1.29, 1.82) is 5.26 Å². The molecule has 0 aromatic heterocycles. The van der Waals surface area contributed by atoms with Crippen molar-refractivity contribution in [2.24, 2.45) is 10.5 Å². The zero-order valence-corrected chi connectivity index (χ0v) is 21.0. The minimum atomic E-state index is -3.04. The summed E-state index contributed by atoms with van der Waals surface area (Å²) in [5, 5.41) is 16.7. The second-order valence-corrected chi connectivity index (χ2v) is 9.35. The number of amides is 3. The van der Waals surface area contributed by atoms with Crippen LogP contribution in [0.15, 0.2) is 27.8 Å². The Bertz CT molecular complexity index is 1100. The first-order valence-corrected chi connectivity index (χ1v) is 11.7. The van der Waals surface area contributed by atoms with Crippen LogP contribution in [0, 0.1) is 16.7 Å². The lowest BCUT2D eigenvalue weighted by Crippen LogP contribution is -2.54. The van der Waals surface area contributed by atoms with E-state index in [4.69, 9.17) is 4.74 Å². The van der Waals surface area contributed by atoms with Gasteiger partial charge in [-0.05, 0) is 61.0 Å². The summed E-state index contributed by atoms with van der Waals surface area (Å²) in [6.45, 7) is -1.37. The number of hydrogen-bond acceptors (Lipinski definition) is 8. The van der Waals surface area contributed by atoms with E-state index in [1.54, 1.807) is 13.0 Å². The fraction of sp³-hybridized carbons (Fsp3) is 0.500. The van der Waals surface area contributed by atoms with E-state index in [0.717, 1.165) is 0 Å². The largest absolute Gasteiger partial charge is 0.435 e. The van der Waals surface area contributed by atoms with Crippen molar-refractivity contribution in [3.05, 3.63) is 28.2 Å². The maximum atomic E-state index is 12.8. The SMILES string of the molecule is CONC(=O)C(=O)N[C@@H](C)CC1(C#N)CCC2(CC1)OC(=O)NN=C2c1cccc(OC(F)F)c1Br. The van der Waals surface area contributed by atoms with Gasteiger partial charge in [0, 0.05) is 11.6 Å². The number of hydrogen-bond donors (Lipinski definition) is 3. The summed E-state index contributed by atoms with van der Waals surface area (Å²) in [6, 6.07) is 6.30. The van der Waals surface area contributed by atoms with E-state index in [0.29, 0.717) is 11.3 Å². The minimum absolute atomic E-state index is 0.110. The van der Waals surface area contributed by atoms with E-state index in [1.165, 1.54) is 19.2 Å². The van der Waals surface area contributed by atoms with Crippen LogP contribution in [0.4, 0.5) is 13.6 Å². The van der Waals surface area contributed by atoms with Gasteiger partial charge in [-0.15, -0.1) is 0 Å². The first-order chi connectivity index (χ1) is 17.0. The van der Waals surface area contributed by atoms with Crippen LogP contribution in [0.2, 0.25) is 0 Å². The molecule has 3 amide bonds. The lowest BCUT2D eigenvalue weighted by molar-refractivity contribution is -0.146. The van der Waals surface area contributed by atoms with Crippen LogP contribution in [0.5, 0.6) is 5.75 Å². The molecule has 1 heterocycles. The van der Waals surface area contributed by atoms with E-state index < -0.39 is 41.6 Å². The summed E-state index contributed by atoms with van der Waals surface area (Å²) in [6.07, 6.45) is 0.458. The molecule has 194 valence electrons. The van der Waals surface area contributed by atoms with Gasteiger partial charge in [0.2, 0.25) is 0 Å². The van der Waals surface area contributed by atoms with Crippen molar-refractivity contribution in [2.45, 2.75) is 57.3 Å². The fourth-order valence-electron chi connectivity index (χ4n) is 4.54. The molecule has 1 aliphatic heterocycles. The number of carbonyl (C=O) groups excluding carboxylic acids is 3. The van der Waals surface area contributed by atoms with Crippen LogP contribution in [-0.4, -0.2) is 49.0 Å². The molecule has 3 N–H and O–H groups in total. The Labute approximate surface area is 213 Å². The van der Waals surface area contributed by atoms with Gasteiger partial charge in [0.25, 0.3) is 0 Å². The number of alkyl halides is 2. The summed E-state index contributed by atoms with van der Waals surface area (Å²) < 4.78 is 36.1. The summed E-state index contributed by atoms with van der Waals surface area (Å²) in [7, 11) is 1.20. The van der Waals surface area contributed by atoms with Crippen LogP contribution >= 0.6 is 15.9 Å². The van der Waals surface area contributed by atoms with Crippen LogP contribution in [-0.2, 0) is 19.2 Å². The molecule has 0 saturated heterocycles. The smallest absolute Gasteiger partial charge is 0.428 e. The highest BCUT2D eigenvalue weighted by molar-refractivity contribution is 9.10. The lowest BCUT2D eigenvalue weighted by Gasteiger charge is -2.45. The second-order valence-electron chi connectivity index (χ2n) is 8.56. The van der Waals surface area contributed by atoms with Gasteiger partial charge in [0.1, 0.15) is 11.5 Å². The topological polar surface area (TPSA) is 151 Å². The molecule has 1 saturated carbocycles. The molecule has 1 atom stereocenters. The van der Waals surface area contributed by atoms with Gasteiger partial charge in [-0.3, -0.25) is 14.4 Å². The van der Waals surface area contributed by atoms with Crippen LogP contribution in [0.1, 0.15) is 44.6 Å². The van der Waals surface area contributed by atoms with E-state index in [2.05, 4.69) is 47.4 Å². The Morgan fingerprint density at radius 1 is 1.31 bits per heavy atom. The summed E-state index contributed by atoms with van der Waals surface area (Å²) in [5.74, 6) is -1.98. The number of hydrazone groups is 1. The molecular formula is C22H24BrF2N5O6. The van der Waals surface area contributed by atoms with Gasteiger partial charge in [0.15, 0.2) is 5.60 Å². The molecule has 0 radical (unpaired) electrons. The highest BCUT2D eigenvalue weighted by atomic mass is 79.9. The number of rotatable bonds is 7. The molecule has 2 aliphatic rings. The molecule has 1 aromatic rings. The number of nitrogens with one attached hydrogen (secondary N) is 3. The van der Waals surface area contributed by atoms with Crippen LogP contribution < -0.4 is 21.0 Å². The molecule has 1 fully saturated rings. The fourth-order valence-corrected chi connectivity index (χ4v) is 5.08. The monoisotopic (exact) mass is 571 g/mol. The van der Waals surface area contributed by atoms with Gasteiger partial charge >= 0.3 is 24.5 Å². The summed E-state index contributed by atoms with van der Waals surface area (Å²) in [5.41, 5.74) is 2.78. The Morgan fingerprint density at radius 2 is 2.00 bits per heavy atom. The highest BCUT2D eigenvalue weighted by Gasteiger charge is 2.51. The van der Waals surface area contributed by atoms with Gasteiger partial charge in [-0.2, -0.15) is 19.1 Å². The number of nitrogens with zero attached hydrogens (tertiary/aromatic N) is 2. The summed E-state index contributed by atoms with van der Waals surface area (Å²) in [4.78, 5) is 40.1. The average Bonchev–Trinajstić information content (AvgIpc) is 2.82. The maximum Gasteiger partial charge on any atom is 0.428 e. The maximum absolute atomic E-state index is 12.8. The third kappa shape index (κ3) is 5.90. The first-order valence-electron chi connectivity index (χ1n) is 10.9. The van der Waals surface area contributed by atoms with Crippen LogP contribution in [0.25, 0.3) is 0 Å². The first kappa shape index (κ1) is 27.3. The summed E-state index contributed by atoms with van der Waals surface area (Å²) >= 11 is 3.28. The van der Waals surface area contributed by atoms with Crippen molar-refractivity contribution < 1.29 is 37.5 Å². The Morgan fingerprint density at radius 3 is 2.61 bits per heavy atom. The minimum Gasteiger partial charge on any atom is -0.435 e. The molecule has 36 heavy (non-hydrogen) atoms. The Balaban J connectivity index is 1.81. The molecule has 3 rings (SSSR count). The number of halogens is 3. The zero-order chi connectivity index (χ0) is 26.5. The van der Waals surface area contributed by atoms with Gasteiger partial charge in [0.05, 0.1) is 23.1 Å². The normalized spacial score (nSPS) is 24.1. The predicted molar refractivity (Wildman–Crippen MR) is 124 cm³/mol. The van der Waals surface area contributed by atoms with Gasteiger partial charge in [-0.1, -0.05) is 12.1 Å². The van der Waals surface area contributed by atoms with Gasteiger partial charge in [-0.25, -0.2) is 15.7 Å². The van der Waals surface area contributed by atoms with E-state index in [-0.39, 0.29) is 42.3 Å². The number of benzene rings is 1. The van der Waals surface area contributed by atoms with Crippen molar-refractivity contribution >= 4 is 39.5 Å². The predicted octanol–water partition coefficient (Wildman–Crippen LogP) is 2.89. The molecule has 1 aromatic carbocycles. The van der Waals surface area contributed by atoms with E-state index in [1.807, 2.05) is 5.48 Å². The number of carbonyl (C=O) groups is 3. The number of ether oxygens (including phenoxy) is 2. The number of nitriles is 1. The number of hydroxylamine groups is 1. The van der Waals surface area contributed by atoms with Crippen molar-refractivity contribution in [3.8, 4) is 11.8 Å². The van der Waals surface area contributed by atoms with Crippen LogP contribution in [0.3, 0.4) is 0 Å². The second kappa shape index (κ2) is 11.2. The third-order valence-electron chi connectivity index (χ3n) is 6.14. The Hall–Kier alpha value is -3.31. The molecule has 1 spiro atoms. The van der Waals surface area contributed by atoms with Crippen molar-refractivity contribution in [1.82, 2.24) is 16.2 Å². The Kier molecular flexibility index (Phi) is 8.47. The molecule has 1 aliphatic carbocycles. The third-order valence-corrected chi connectivity index (χ3v) is 6.96. The van der Waals surface area contributed by atoms with Crippen molar-refractivity contribution in [3.63, 3.8) is 0 Å². The van der Waals surface area contributed by atoms with E-state index >= 15 is 0 Å². The highest BCUT2D eigenvalue weighted by Crippen LogP contribution is 2.48. The molecule has 11 nitrogen and oxygen atoms in total. The average molecular weight is 572 g/mol.